The van der Waals surface area contributed by atoms with E-state index in [1.165, 1.54) is 12.1 Å². The van der Waals surface area contributed by atoms with Crippen molar-refractivity contribution < 1.29 is 13.5 Å². The van der Waals surface area contributed by atoms with Gasteiger partial charge in [0.05, 0.1) is 0 Å². The molecular weight excluding hydrogens is 258 g/mol. The molecule has 0 unspecified atom stereocenters. The number of aryl methyl sites for hydroxylation is 1. The van der Waals surface area contributed by atoms with Crippen LogP contribution in [-0.2, 0) is 0 Å². The standard InChI is InChI=1S/C12H16F2N2OS/c1-7(2)15-12(18)16-10-5-4-9(6-8(10)3)17-11(13)14/h4-7,11H,1-3H3,(H2,15,16,18). The molecular formula is C12H16F2N2OS. The number of halogens is 2. The lowest BCUT2D eigenvalue weighted by Crippen LogP contribution is -2.34. The molecule has 0 aliphatic rings. The van der Waals surface area contributed by atoms with E-state index in [0.717, 1.165) is 11.3 Å². The smallest absolute Gasteiger partial charge is 0.387 e. The van der Waals surface area contributed by atoms with E-state index < -0.39 is 6.61 Å². The van der Waals surface area contributed by atoms with Crippen LogP contribution in [0.1, 0.15) is 19.4 Å². The number of nitrogens with one attached hydrogen (secondary N) is 2. The molecule has 0 amide bonds. The molecule has 1 rings (SSSR count). The van der Waals surface area contributed by atoms with Gasteiger partial charge >= 0.3 is 6.61 Å². The molecule has 18 heavy (non-hydrogen) atoms. The van der Waals surface area contributed by atoms with Gasteiger partial charge in [-0.3, -0.25) is 0 Å². The topological polar surface area (TPSA) is 33.3 Å². The van der Waals surface area contributed by atoms with Crippen LogP contribution < -0.4 is 15.4 Å². The lowest BCUT2D eigenvalue weighted by Gasteiger charge is -2.15. The third-order valence-corrected chi connectivity index (χ3v) is 2.31. The summed E-state index contributed by atoms with van der Waals surface area (Å²) in [6.07, 6.45) is 0. The Balaban J connectivity index is 2.70. The summed E-state index contributed by atoms with van der Waals surface area (Å²) in [6.45, 7) is 2.92. The van der Waals surface area contributed by atoms with Gasteiger partial charge in [-0.05, 0) is 56.8 Å². The number of anilines is 1. The Labute approximate surface area is 111 Å². The molecule has 100 valence electrons. The van der Waals surface area contributed by atoms with Gasteiger partial charge in [0.2, 0.25) is 0 Å². The zero-order valence-electron chi connectivity index (χ0n) is 10.5. The van der Waals surface area contributed by atoms with Gasteiger partial charge in [0, 0.05) is 11.7 Å². The van der Waals surface area contributed by atoms with Crippen molar-refractivity contribution in [3.8, 4) is 5.75 Å². The second kappa shape index (κ2) is 6.49. The quantitative estimate of drug-likeness (QED) is 0.825. The minimum atomic E-state index is -2.81. The van der Waals surface area contributed by atoms with Crippen LogP contribution in [0, 0.1) is 6.92 Å². The molecule has 0 saturated carbocycles. The molecule has 1 aromatic carbocycles. The van der Waals surface area contributed by atoms with E-state index in [0.29, 0.717) is 5.11 Å². The molecule has 1 aromatic rings. The van der Waals surface area contributed by atoms with Crippen molar-refractivity contribution in [3.63, 3.8) is 0 Å². The first-order chi connectivity index (χ1) is 8.38. The highest BCUT2D eigenvalue weighted by molar-refractivity contribution is 7.80. The maximum Gasteiger partial charge on any atom is 0.387 e. The van der Waals surface area contributed by atoms with E-state index in [2.05, 4.69) is 15.4 Å². The van der Waals surface area contributed by atoms with Crippen molar-refractivity contribution >= 4 is 23.0 Å². The molecule has 6 heteroatoms. The van der Waals surface area contributed by atoms with E-state index in [1.54, 1.807) is 13.0 Å². The van der Waals surface area contributed by atoms with Gasteiger partial charge in [-0.1, -0.05) is 0 Å². The van der Waals surface area contributed by atoms with Gasteiger partial charge < -0.3 is 15.4 Å². The monoisotopic (exact) mass is 274 g/mol. The van der Waals surface area contributed by atoms with Crippen molar-refractivity contribution in [3.05, 3.63) is 23.8 Å². The zero-order chi connectivity index (χ0) is 13.7. The SMILES string of the molecule is Cc1cc(OC(F)F)ccc1NC(=S)NC(C)C. The van der Waals surface area contributed by atoms with Crippen LogP contribution >= 0.6 is 12.2 Å². The fourth-order valence-electron chi connectivity index (χ4n) is 1.37. The first kappa shape index (κ1) is 14.6. The predicted octanol–water partition coefficient (Wildman–Crippen LogP) is 3.29. The minimum Gasteiger partial charge on any atom is -0.435 e. The lowest BCUT2D eigenvalue weighted by atomic mass is 10.2. The molecule has 0 radical (unpaired) electrons. The Morgan fingerprint density at radius 3 is 2.50 bits per heavy atom. The number of hydrogen-bond donors (Lipinski definition) is 2. The molecule has 0 spiro atoms. The highest BCUT2D eigenvalue weighted by Gasteiger charge is 2.07. The Hall–Kier alpha value is -1.43. The van der Waals surface area contributed by atoms with E-state index in [-0.39, 0.29) is 11.8 Å². The first-order valence-electron chi connectivity index (χ1n) is 5.51. The van der Waals surface area contributed by atoms with Crippen molar-refractivity contribution in [1.82, 2.24) is 5.32 Å². The number of alkyl halides is 2. The highest BCUT2D eigenvalue weighted by Crippen LogP contribution is 2.22. The van der Waals surface area contributed by atoms with Gasteiger partial charge in [0.25, 0.3) is 0 Å². The van der Waals surface area contributed by atoms with Gasteiger partial charge in [-0.25, -0.2) is 0 Å². The third-order valence-electron chi connectivity index (χ3n) is 2.09. The summed E-state index contributed by atoms with van der Waals surface area (Å²) in [5.74, 6) is 0.135. The van der Waals surface area contributed by atoms with Crippen molar-refractivity contribution in [2.75, 3.05) is 5.32 Å². The first-order valence-corrected chi connectivity index (χ1v) is 5.92. The molecule has 0 aliphatic carbocycles. The van der Waals surface area contributed by atoms with E-state index in [9.17, 15) is 8.78 Å². The number of rotatable bonds is 4. The molecule has 0 aromatic heterocycles. The normalized spacial score (nSPS) is 10.6. The van der Waals surface area contributed by atoms with Gasteiger partial charge in [0.15, 0.2) is 5.11 Å². The van der Waals surface area contributed by atoms with Crippen LogP contribution in [0.15, 0.2) is 18.2 Å². The van der Waals surface area contributed by atoms with E-state index in [1.807, 2.05) is 13.8 Å². The van der Waals surface area contributed by atoms with E-state index in [4.69, 9.17) is 12.2 Å². The third kappa shape index (κ3) is 4.83. The summed E-state index contributed by atoms with van der Waals surface area (Å²) >= 11 is 5.10. The Morgan fingerprint density at radius 2 is 2.00 bits per heavy atom. The maximum absolute atomic E-state index is 12.0. The number of benzene rings is 1. The summed E-state index contributed by atoms with van der Waals surface area (Å²) in [4.78, 5) is 0. The van der Waals surface area contributed by atoms with Crippen LogP contribution in [0.4, 0.5) is 14.5 Å². The van der Waals surface area contributed by atoms with Crippen LogP contribution in [0.2, 0.25) is 0 Å². The molecule has 0 aliphatic heterocycles. The average molecular weight is 274 g/mol. The number of ether oxygens (including phenoxy) is 1. The summed E-state index contributed by atoms with van der Waals surface area (Å²) in [6, 6.07) is 4.89. The molecule has 0 bridgehead atoms. The zero-order valence-corrected chi connectivity index (χ0v) is 11.3. The highest BCUT2D eigenvalue weighted by atomic mass is 32.1. The summed E-state index contributed by atoms with van der Waals surface area (Å²) in [5, 5.41) is 6.53. The summed E-state index contributed by atoms with van der Waals surface area (Å²) in [7, 11) is 0. The van der Waals surface area contributed by atoms with Crippen LogP contribution in [-0.4, -0.2) is 17.8 Å². The largest absolute Gasteiger partial charge is 0.435 e. The van der Waals surface area contributed by atoms with Crippen molar-refractivity contribution in [2.45, 2.75) is 33.4 Å². The fraction of sp³-hybridized carbons (Fsp3) is 0.417. The second-order valence-corrected chi connectivity index (χ2v) is 4.52. The van der Waals surface area contributed by atoms with Crippen LogP contribution in [0.25, 0.3) is 0 Å². The summed E-state index contributed by atoms with van der Waals surface area (Å²) < 4.78 is 28.4. The van der Waals surface area contributed by atoms with Gasteiger partial charge in [0.1, 0.15) is 5.75 Å². The average Bonchev–Trinajstić information content (AvgIpc) is 2.20. The Bertz CT molecular complexity index is 425. The maximum atomic E-state index is 12.0. The van der Waals surface area contributed by atoms with Crippen LogP contribution in [0.3, 0.4) is 0 Å². The van der Waals surface area contributed by atoms with Crippen LogP contribution in [0.5, 0.6) is 5.75 Å². The molecule has 0 heterocycles. The van der Waals surface area contributed by atoms with Crippen molar-refractivity contribution in [1.29, 1.82) is 0 Å². The van der Waals surface area contributed by atoms with E-state index >= 15 is 0 Å². The van der Waals surface area contributed by atoms with Crippen molar-refractivity contribution in [2.24, 2.45) is 0 Å². The molecule has 0 fully saturated rings. The minimum absolute atomic E-state index is 0.135. The second-order valence-electron chi connectivity index (χ2n) is 4.11. The molecule has 0 saturated heterocycles. The van der Waals surface area contributed by atoms with Gasteiger partial charge in [-0.2, -0.15) is 8.78 Å². The molecule has 2 N–H and O–H groups in total. The number of hydrogen-bond acceptors (Lipinski definition) is 2. The molecule has 0 atom stereocenters. The van der Waals surface area contributed by atoms with Gasteiger partial charge in [-0.15, -0.1) is 0 Å². The molecule has 3 nitrogen and oxygen atoms in total. The predicted molar refractivity (Wildman–Crippen MR) is 72.3 cm³/mol. The summed E-state index contributed by atoms with van der Waals surface area (Å²) in [5.41, 5.74) is 1.54. The lowest BCUT2D eigenvalue weighted by molar-refractivity contribution is -0.0498. The Kier molecular flexibility index (Phi) is 5.27. The number of thiocarbonyl (C=S) groups is 1. The fourth-order valence-corrected chi connectivity index (χ4v) is 1.72. The Morgan fingerprint density at radius 1 is 1.33 bits per heavy atom.